The first-order chi connectivity index (χ1) is 13.6. The summed E-state index contributed by atoms with van der Waals surface area (Å²) in [5.41, 5.74) is 2.75. The predicted molar refractivity (Wildman–Crippen MR) is 110 cm³/mol. The molecule has 7 heteroatoms. The lowest BCUT2D eigenvalue weighted by Crippen LogP contribution is -2.48. The molecule has 2 aromatic rings. The van der Waals surface area contributed by atoms with Gasteiger partial charge in [0.15, 0.2) is 0 Å². The number of nitrogens with one attached hydrogen (secondary N) is 3. The number of methoxy groups -OCH3 is 1. The van der Waals surface area contributed by atoms with E-state index in [0.29, 0.717) is 19.6 Å². The Balaban J connectivity index is 1.47. The molecule has 1 fully saturated rings. The fourth-order valence-electron chi connectivity index (χ4n) is 3.14. The molecular formula is C21H26N4O3. The zero-order valence-electron chi connectivity index (χ0n) is 16.0. The fourth-order valence-corrected chi connectivity index (χ4v) is 3.14. The van der Waals surface area contributed by atoms with Crippen LogP contribution in [0.3, 0.4) is 0 Å². The van der Waals surface area contributed by atoms with Gasteiger partial charge in [-0.1, -0.05) is 24.3 Å². The second kappa shape index (κ2) is 9.75. The first kappa shape index (κ1) is 19.7. The van der Waals surface area contributed by atoms with Crippen LogP contribution in [0, 0.1) is 0 Å². The van der Waals surface area contributed by atoms with E-state index in [1.165, 1.54) is 0 Å². The Morgan fingerprint density at radius 1 is 1.18 bits per heavy atom. The maximum absolute atomic E-state index is 12.1. The van der Waals surface area contributed by atoms with Crippen LogP contribution in [-0.2, 0) is 4.79 Å². The minimum Gasteiger partial charge on any atom is -0.497 e. The molecule has 3 amide bonds. The number of rotatable bonds is 7. The Hall–Kier alpha value is -3.06. The van der Waals surface area contributed by atoms with Crippen molar-refractivity contribution in [2.45, 2.75) is 6.42 Å². The van der Waals surface area contributed by atoms with Crippen LogP contribution in [0.1, 0.15) is 6.42 Å². The highest BCUT2D eigenvalue weighted by molar-refractivity contribution is 5.90. The molecule has 0 saturated carbocycles. The summed E-state index contributed by atoms with van der Waals surface area (Å²) in [5, 5.41) is 8.53. The number of hydrogen-bond donors (Lipinski definition) is 3. The van der Waals surface area contributed by atoms with Gasteiger partial charge in [0.25, 0.3) is 0 Å². The van der Waals surface area contributed by atoms with Crippen LogP contribution < -0.4 is 20.7 Å². The van der Waals surface area contributed by atoms with Gasteiger partial charge in [-0.15, -0.1) is 0 Å². The minimum absolute atomic E-state index is 0.0628. The van der Waals surface area contributed by atoms with E-state index in [2.05, 4.69) is 20.9 Å². The third kappa shape index (κ3) is 5.72. The van der Waals surface area contributed by atoms with Crippen molar-refractivity contribution in [3.63, 3.8) is 0 Å². The highest BCUT2D eigenvalue weighted by atomic mass is 16.5. The zero-order valence-corrected chi connectivity index (χ0v) is 16.0. The van der Waals surface area contributed by atoms with Crippen LogP contribution in [0.15, 0.2) is 48.5 Å². The number of amides is 3. The Morgan fingerprint density at radius 3 is 2.75 bits per heavy atom. The summed E-state index contributed by atoms with van der Waals surface area (Å²) in [4.78, 5) is 25.6. The van der Waals surface area contributed by atoms with Crippen molar-refractivity contribution < 1.29 is 14.3 Å². The smallest absolute Gasteiger partial charge is 0.319 e. The number of nitrogens with zero attached hydrogens (tertiary/aromatic N) is 1. The zero-order chi connectivity index (χ0) is 19.8. The third-order valence-corrected chi connectivity index (χ3v) is 4.58. The van der Waals surface area contributed by atoms with Gasteiger partial charge >= 0.3 is 6.03 Å². The molecule has 1 heterocycles. The number of benzene rings is 2. The quantitative estimate of drug-likeness (QED) is 0.642. The molecule has 0 unspecified atom stereocenters. The molecule has 0 spiro atoms. The molecule has 1 saturated heterocycles. The van der Waals surface area contributed by atoms with E-state index in [1.807, 2.05) is 48.5 Å². The number of anilines is 1. The van der Waals surface area contributed by atoms with Gasteiger partial charge < -0.3 is 20.7 Å². The average Bonchev–Trinajstić information content (AvgIpc) is 2.71. The highest BCUT2D eigenvalue weighted by Gasteiger charge is 2.15. The van der Waals surface area contributed by atoms with Crippen molar-refractivity contribution in [1.29, 1.82) is 0 Å². The monoisotopic (exact) mass is 382 g/mol. The molecule has 3 rings (SSSR count). The molecule has 2 aromatic carbocycles. The van der Waals surface area contributed by atoms with E-state index < -0.39 is 0 Å². The molecular weight excluding hydrogens is 356 g/mol. The predicted octanol–water partition coefficient (Wildman–Crippen LogP) is 2.31. The lowest BCUT2D eigenvalue weighted by Gasteiger charge is -2.26. The largest absolute Gasteiger partial charge is 0.497 e. The van der Waals surface area contributed by atoms with E-state index in [9.17, 15) is 9.59 Å². The summed E-state index contributed by atoms with van der Waals surface area (Å²) in [6, 6.07) is 15.2. The number of carbonyl (C=O) groups excluding carboxylic acids is 2. The summed E-state index contributed by atoms with van der Waals surface area (Å²) < 4.78 is 5.27. The van der Waals surface area contributed by atoms with Crippen molar-refractivity contribution >= 4 is 17.6 Å². The Bertz CT molecular complexity index is 825. The molecule has 28 heavy (non-hydrogen) atoms. The van der Waals surface area contributed by atoms with E-state index >= 15 is 0 Å². The molecule has 0 atom stereocenters. The SMILES string of the molecule is COc1cccc(-c2cccc(NC(=O)NCCCN3CCNC(=O)C3)c2)c1. The van der Waals surface area contributed by atoms with Crippen molar-refractivity contribution in [3.05, 3.63) is 48.5 Å². The van der Waals surface area contributed by atoms with Crippen LogP contribution in [0.25, 0.3) is 11.1 Å². The molecule has 148 valence electrons. The summed E-state index contributed by atoms with van der Waals surface area (Å²) in [6.45, 7) is 3.33. The van der Waals surface area contributed by atoms with Crippen molar-refractivity contribution in [2.24, 2.45) is 0 Å². The van der Waals surface area contributed by atoms with Crippen molar-refractivity contribution in [3.8, 4) is 16.9 Å². The van der Waals surface area contributed by atoms with Crippen LogP contribution in [0.5, 0.6) is 5.75 Å². The molecule has 0 bridgehead atoms. The molecule has 1 aliphatic heterocycles. The fraction of sp³-hybridized carbons (Fsp3) is 0.333. The summed E-state index contributed by atoms with van der Waals surface area (Å²) in [7, 11) is 1.64. The number of carbonyl (C=O) groups is 2. The minimum atomic E-state index is -0.237. The van der Waals surface area contributed by atoms with Gasteiger partial charge in [-0.25, -0.2) is 4.79 Å². The summed E-state index contributed by atoms with van der Waals surface area (Å²) in [5.74, 6) is 0.854. The maximum atomic E-state index is 12.1. The van der Waals surface area contributed by atoms with Gasteiger partial charge in [-0.05, 0) is 41.8 Å². The van der Waals surface area contributed by atoms with Crippen LogP contribution in [-0.4, -0.2) is 56.7 Å². The highest BCUT2D eigenvalue weighted by Crippen LogP contribution is 2.25. The van der Waals surface area contributed by atoms with Gasteiger partial charge in [0.05, 0.1) is 13.7 Å². The standard InChI is InChI=1S/C21H26N4O3/c1-28-19-8-3-6-17(14-19)16-5-2-7-18(13-16)24-21(27)23-9-4-11-25-12-10-22-20(26)15-25/h2-3,5-8,13-14H,4,9-12,15H2,1H3,(H,22,26)(H2,23,24,27). The average molecular weight is 382 g/mol. The number of urea groups is 1. The Kier molecular flexibility index (Phi) is 6.86. The van der Waals surface area contributed by atoms with Crippen molar-refractivity contribution in [2.75, 3.05) is 45.2 Å². The van der Waals surface area contributed by atoms with Gasteiger partial charge in [-0.2, -0.15) is 0 Å². The van der Waals surface area contributed by atoms with Crippen molar-refractivity contribution in [1.82, 2.24) is 15.5 Å². The molecule has 0 radical (unpaired) electrons. The molecule has 0 aliphatic carbocycles. The lowest BCUT2D eigenvalue weighted by atomic mass is 10.0. The topological polar surface area (TPSA) is 82.7 Å². The van der Waals surface area contributed by atoms with Crippen LogP contribution in [0.4, 0.5) is 10.5 Å². The Labute approximate surface area is 165 Å². The van der Waals surface area contributed by atoms with E-state index in [0.717, 1.165) is 42.1 Å². The summed E-state index contributed by atoms with van der Waals surface area (Å²) in [6.07, 6.45) is 0.796. The normalized spacial score (nSPS) is 14.2. The second-order valence-corrected chi connectivity index (χ2v) is 6.67. The first-order valence-electron chi connectivity index (χ1n) is 9.42. The summed E-state index contributed by atoms with van der Waals surface area (Å²) >= 11 is 0. The maximum Gasteiger partial charge on any atom is 0.319 e. The van der Waals surface area contributed by atoms with E-state index in [4.69, 9.17) is 4.74 Å². The molecule has 3 N–H and O–H groups in total. The van der Waals surface area contributed by atoms with Gasteiger partial charge in [0.2, 0.25) is 5.91 Å². The van der Waals surface area contributed by atoms with Gasteiger partial charge in [0, 0.05) is 31.9 Å². The van der Waals surface area contributed by atoms with Crippen LogP contribution >= 0.6 is 0 Å². The van der Waals surface area contributed by atoms with E-state index in [-0.39, 0.29) is 11.9 Å². The first-order valence-corrected chi connectivity index (χ1v) is 9.42. The van der Waals surface area contributed by atoms with E-state index in [1.54, 1.807) is 7.11 Å². The third-order valence-electron chi connectivity index (χ3n) is 4.58. The number of piperazine rings is 1. The number of hydrogen-bond acceptors (Lipinski definition) is 4. The molecule has 7 nitrogen and oxygen atoms in total. The van der Waals surface area contributed by atoms with Gasteiger partial charge in [0.1, 0.15) is 5.75 Å². The number of ether oxygens (including phenoxy) is 1. The second-order valence-electron chi connectivity index (χ2n) is 6.67. The van der Waals surface area contributed by atoms with Crippen LogP contribution in [0.2, 0.25) is 0 Å². The molecule has 0 aromatic heterocycles. The molecule has 1 aliphatic rings. The lowest BCUT2D eigenvalue weighted by molar-refractivity contribution is -0.124. The Morgan fingerprint density at radius 2 is 1.96 bits per heavy atom. The van der Waals surface area contributed by atoms with Gasteiger partial charge in [-0.3, -0.25) is 9.69 Å².